The molecule has 1 heterocycles. The number of carbonyl (C=O) groups is 1. The average Bonchev–Trinajstić information content (AvgIpc) is 2.82. The summed E-state index contributed by atoms with van der Waals surface area (Å²) in [5, 5.41) is 5.68. The van der Waals surface area contributed by atoms with Crippen molar-refractivity contribution in [1.29, 1.82) is 0 Å². The van der Waals surface area contributed by atoms with Gasteiger partial charge in [-0.3, -0.25) is 5.01 Å². The minimum atomic E-state index is -0.949. The van der Waals surface area contributed by atoms with E-state index in [1.54, 1.807) is 11.9 Å². The molecule has 0 N–H and O–H groups in total. The van der Waals surface area contributed by atoms with Gasteiger partial charge in [0.1, 0.15) is 0 Å². The van der Waals surface area contributed by atoms with Crippen LogP contribution in [0.4, 0.5) is 8.78 Å². The molecule has 1 aliphatic heterocycles. The molecule has 6 heteroatoms. The van der Waals surface area contributed by atoms with Gasteiger partial charge in [0.25, 0.3) is 0 Å². The zero-order chi connectivity index (χ0) is 14.8. The Bertz CT molecular complexity index is 548. The van der Waals surface area contributed by atoms with E-state index in [-0.39, 0.29) is 11.5 Å². The number of esters is 1. The van der Waals surface area contributed by atoms with Gasteiger partial charge in [-0.1, -0.05) is 12.1 Å². The Hall–Kier alpha value is -1.98. The summed E-state index contributed by atoms with van der Waals surface area (Å²) in [7, 11) is 1.32. The Morgan fingerprint density at radius 1 is 1.50 bits per heavy atom. The molecule has 0 spiro atoms. The summed E-state index contributed by atoms with van der Waals surface area (Å²) in [6.45, 7) is 2.30. The van der Waals surface area contributed by atoms with E-state index in [0.717, 1.165) is 12.5 Å². The molecule has 1 fully saturated rings. The SMILES string of the molecule is COC(=O)[C@@]1(C)CCCN1/N=C\c1cccc(F)c1F. The quantitative estimate of drug-likeness (QED) is 0.631. The zero-order valence-electron chi connectivity index (χ0n) is 11.4. The van der Waals surface area contributed by atoms with Crippen LogP contribution in [0.1, 0.15) is 25.3 Å². The summed E-state index contributed by atoms with van der Waals surface area (Å²) in [5.74, 6) is -2.26. The third-order valence-electron chi connectivity index (χ3n) is 3.55. The van der Waals surface area contributed by atoms with Crippen molar-refractivity contribution in [2.75, 3.05) is 13.7 Å². The van der Waals surface area contributed by atoms with Crippen molar-refractivity contribution in [3.8, 4) is 0 Å². The lowest BCUT2D eigenvalue weighted by atomic mass is 10.0. The van der Waals surface area contributed by atoms with Crippen molar-refractivity contribution >= 4 is 12.2 Å². The third-order valence-corrected chi connectivity index (χ3v) is 3.55. The fourth-order valence-corrected chi connectivity index (χ4v) is 2.31. The summed E-state index contributed by atoms with van der Waals surface area (Å²) in [4.78, 5) is 11.8. The number of carbonyl (C=O) groups excluding carboxylic acids is 1. The number of methoxy groups -OCH3 is 1. The predicted molar refractivity (Wildman–Crippen MR) is 70.3 cm³/mol. The summed E-state index contributed by atoms with van der Waals surface area (Å²) in [5.41, 5.74) is -0.807. The molecule has 0 aromatic heterocycles. The van der Waals surface area contributed by atoms with Gasteiger partial charge in [-0.15, -0.1) is 0 Å². The Balaban J connectivity index is 2.22. The van der Waals surface area contributed by atoms with E-state index in [2.05, 4.69) is 5.10 Å². The van der Waals surface area contributed by atoms with E-state index in [1.165, 1.54) is 25.5 Å². The monoisotopic (exact) mass is 282 g/mol. The van der Waals surface area contributed by atoms with Crippen LogP contribution in [0.2, 0.25) is 0 Å². The molecule has 0 radical (unpaired) electrons. The number of halogens is 2. The normalized spacial score (nSPS) is 22.5. The first-order valence-electron chi connectivity index (χ1n) is 6.33. The molecule has 4 nitrogen and oxygen atoms in total. The molecule has 1 saturated heterocycles. The number of benzene rings is 1. The standard InChI is InChI=1S/C14H16F2N2O2/c1-14(13(19)20-2)7-4-8-18(14)17-9-10-5-3-6-11(15)12(10)16/h3,5-6,9H,4,7-8H2,1-2H3/b17-9-/t14-/m1/s1. The summed E-state index contributed by atoms with van der Waals surface area (Å²) in [6.07, 6.45) is 2.63. The maximum atomic E-state index is 13.5. The molecule has 1 aromatic rings. The topological polar surface area (TPSA) is 41.9 Å². The van der Waals surface area contributed by atoms with Gasteiger partial charge in [-0.2, -0.15) is 5.10 Å². The van der Waals surface area contributed by atoms with Gasteiger partial charge in [-0.05, 0) is 25.8 Å². The first-order chi connectivity index (χ1) is 9.49. The summed E-state index contributed by atoms with van der Waals surface area (Å²) >= 11 is 0. The van der Waals surface area contributed by atoms with Crippen LogP contribution in [-0.2, 0) is 9.53 Å². The first-order valence-corrected chi connectivity index (χ1v) is 6.33. The molecule has 1 aliphatic rings. The van der Waals surface area contributed by atoms with Crippen LogP contribution in [0.3, 0.4) is 0 Å². The maximum absolute atomic E-state index is 13.5. The lowest BCUT2D eigenvalue weighted by Gasteiger charge is -2.29. The number of hydrazone groups is 1. The van der Waals surface area contributed by atoms with Gasteiger partial charge in [0.15, 0.2) is 17.2 Å². The van der Waals surface area contributed by atoms with Crippen LogP contribution in [0, 0.1) is 11.6 Å². The summed E-state index contributed by atoms with van der Waals surface area (Å²) in [6, 6.07) is 3.87. The minimum absolute atomic E-state index is 0.0455. The molecular formula is C14H16F2N2O2. The van der Waals surface area contributed by atoms with Crippen molar-refractivity contribution in [2.24, 2.45) is 5.10 Å². The first kappa shape index (κ1) is 14.4. The number of ether oxygens (including phenoxy) is 1. The van der Waals surface area contributed by atoms with Gasteiger partial charge < -0.3 is 4.74 Å². The van der Waals surface area contributed by atoms with Crippen molar-refractivity contribution < 1.29 is 18.3 Å². The van der Waals surface area contributed by atoms with Gasteiger partial charge in [0.2, 0.25) is 0 Å². The zero-order valence-corrected chi connectivity index (χ0v) is 11.4. The molecule has 1 aromatic carbocycles. The van der Waals surface area contributed by atoms with Crippen molar-refractivity contribution in [3.05, 3.63) is 35.4 Å². The largest absolute Gasteiger partial charge is 0.467 e. The Kier molecular flexibility index (Phi) is 4.01. The Labute approximate surface area is 116 Å². The molecular weight excluding hydrogens is 266 g/mol. The van der Waals surface area contributed by atoms with Gasteiger partial charge in [0, 0.05) is 12.1 Å². The van der Waals surface area contributed by atoms with Crippen molar-refractivity contribution in [1.82, 2.24) is 5.01 Å². The Morgan fingerprint density at radius 3 is 2.95 bits per heavy atom. The van der Waals surface area contributed by atoms with Gasteiger partial charge >= 0.3 is 5.97 Å². The molecule has 108 valence electrons. The third kappa shape index (κ3) is 2.50. The summed E-state index contributed by atoms with van der Waals surface area (Å²) < 4.78 is 31.4. The van der Waals surface area contributed by atoms with Crippen LogP contribution >= 0.6 is 0 Å². The molecule has 0 bridgehead atoms. The number of rotatable bonds is 3. The highest BCUT2D eigenvalue weighted by molar-refractivity contribution is 5.82. The van der Waals surface area contributed by atoms with Crippen LogP contribution in [-0.4, -0.2) is 36.4 Å². The average molecular weight is 282 g/mol. The van der Waals surface area contributed by atoms with E-state index in [0.29, 0.717) is 13.0 Å². The number of hydrogen-bond donors (Lipinski definition) is 0. The van der Waals surface area contributed by atoms with E-state index in [9.17, 15) is 13.6 Å². The van der Waals surface area contributed by atoms with Crippen LogP contribution in [0.15, 0.2) is 23.3 Å². The van der Waals surface area contributed by atoms with Gasteiger partial charge in [-0.25, -0.2) is 13.6 Å². The maximum Gasteiger partial charge on any atom is 0.333 e. The lowest BCUT2D eigenvalue weighted by Crippen LogP contribution is -2.45. The minimum Gasteiger partial charge on any atom is -0.467 e. The van der Waals surface area contributed by atoms with E-state index < -0.39 is 17.2 Å². The molecule has 0 aliphatic carbocycles. The fourth-order valence-electron chi connectivity index (χ4n) is 2.31. The van der Waals surface area contributed by atoms with Crippen LogP contribution in [0.5, 0.6) is 0 Å². The highest BCUT2D eigenvalue weighted by atomic mass is 19.2. The van der Waals surface area contributed by atoms with Crippen molar-refractivity contribution in [3.63, 3.8) is 0 Å². The molecule has 20 heavy (non-hydrogen) atoms. The Morgan fingerprint density at radius 2 is 2.25 bits per heavy atom. The highest BCUT2D eigenvalue weighted by Crippen LogP contribution is 2.30. The number of nitrogens with zero attached hydrogens (tertiary/aromatic N) is 2. The molecule has 0 saturated carbocycles. The van der Waals surface area contributed by atoms with E-state index >= 15 is 0 Å². The second-order valence-electron chi connectivity index (χ2n) is 4.88. The lowest BCUT2D eigenvalue weighted by molar-refractivity contribution is -0.152. The van der Waals surface area contributed by atoms with Crippen molar-refractivity contribution in [2.45, 2.75) is 25.3 Å². The molecule has 0 unspecified atom stereocenters. The molecule has 2 rings (SSSR count). The van der Waals surface area contributed by atoms with Crippen LogP contribution in [0.25, 0.3) is 0 Å². The predicted octanol–water partition coefficient (Wildman–Crippen LogP) is 2.33. The highest BCUT2D eigenvalue weighted by Gasteiger charge is 2.44. The van der Waals surface area contributed by atoms with Crippen LogP contribution < -0.4 is 0 Å². The molecule has 1 atom stereocenters. The van der Waals surface area contributed by atoms with E-state index in [4.69, 9.17) is 4.74 Å². The smallest absolute Gasteiger partial charge is 0.333 e. The second-order valence-corrected chi connectivity index (χ2v) is 4.88. The second kappa shape index (κ2) is 5.56. The number of hydrogen-bond acceptors (Lipinski definition) is 4. The molecule has 0 amide bonds. The fraction of sp³-hybridized carbons (Fsp3) is 0.429. The van der Waals surface area contributed by atoms with Gasteiger partial charge in [0.05, 0.1) is 13.3 Å². The van der Waals surface area contributed by atoms with E-state index in [1.807, 2.05) is 0 Å².